The molecule has 3 rings (SSSR count). The first-order valence-corrected chi connectivity index (χ1v) is 12.4. The summed E-state index contributed by atoms with van der Waals surface area (Å²) in [6, 6.07) is 10.7. The summed E-state index contributed by atoms with van der Waals surface area (Å²) < 4.78 is 5.77. The Balaban J connectivity index is 1.43. The minimum absolute atomic E-state index is 0.219. The predicted octanol–water partition coefficient (Wildman–Crippen LogP) is 4.67. The van der Waals surface area contributed by atoms with Crippen molar-refractivity contribution >= 4 is 29.6 Å². The maximum absolute atomic E-state index is 12.7. The van der Waals surface area contributed by atoms with Gasteiger partial charge in [0.15, 0.2) is 12.4 Å². The summed E-state index contributed by atoms with van der Waals surface area (Å²) in [7, 11) is 1.72. The highest BCUT2D eigenvalue weighted by Gasteiger charge is 2.25. The summed E-state index contributed by atoms with van der Waals surface area (Å²) in [6.45, 7) is 4.33. The Labute approximate surface area is 206 Å². The monoisotopic (exact) mass is 487 g/mol. The minimum Gasteiger partial charge on any atom is -0.490 e. The van der Waals surface area contributed by atoms with E-state index in [2.05, 4.69) is 16.8 Å². The third-order valence-corrected chi connectivity index (χ3v) is 6.14. The van der Waals surface area contributed by atoms with Gasteiger partial charge in [0.2, 0.25) is 0 Å². The largest absolute Gasteiger partial charge is 0.490 e. The molecule has 1 atom stereocenters. The molecule has 1 aliphatic rings. The lowest BCUT2D eigenvalue weighted by atomic mass is 10.1. The molecule has 1 aromatic carbocycles. The van der Waals surface area contributed by atoms with Gasteiger partial charge in [0.1, 0.15) is 16.7 Å². The topological polar surface area (TPSA) is 83.0 Å². The number of carbonyl (C=O) groups excluding carboxylic acids is 2. The number of amides is 1. The molecule has 0 aliphatic heterocycles. The second kappa shape index (κ2) is 12.7. The number of aliphatic hydroxyl groups excluding tert-OH is 1. The Morgan fingerprint density at radius 1 is 1.21 bits per heavy atom. The van der Waals surface area contributed by atoms with Crippen LogP contribution in [0, 0.1) is 0 Å². The fourth-order valence-electron chi connectivity index (χ4n) is 3.74. The molecule has 1 fully saturated rings. The quantitative estimate of drug-likeness (QED) is 0.237. The smallest absolute Gasteiger partial charge is 0.255 e. The molecule has 0 spiro atoms. The van der Waals surface area contributed by atoms with Crippen molar-refractivity contribution < 1.29 is 19.4 Å². The van der Waals surface area contributed by atoms with Crippen molar-refractivity contribution in [3.8, 4) is 5.75 Å². The highest BCUT2D eigenvalue weighted by molar-refractivity contribution is 6.31. The highest BCUT2D eigenvalue weighted by Crippen LogP contribution is 2.28. The second-order valence-electron chi connectivity index (χ2n) is 8.77. The van der Waals surface area contributed by atoms with E-state index in [1.54, 1.807) is 36.2 Å². The van der Waals surface area contributed by atoms with Crippen LogP contribution >= 0.6 is 11.6 Å². The van der Waals surface area contributed by atoms with Gasteiger partial charge in [-0.2, -0.15) is 0 Å². The summed E-state index contributed by atoms with van der Waals surface area (Å²) in [5.41, 5.74) is 0.941. The van der Waals surface area contributed by atoms with Crippen LogP contribution in [0.4, 0.5) is 5.82 Å². The molecular formula is C26H34ClN3O4. The molecule has 7 nitrogen and oxygen atoms in total. The molecule has 1 amide bonds. The van der Waals surface area contributed by atoms with Gasteiger partial charge in [-0.15, -0.1) is 0 Å². The lowest BCUT2D eigenvalue weighted by Gasteiger charge is -2.24. The average molecular weight is 488 g/mol. The maximum Gasteiger partial charge on any atom is 0.255 e. The fraction of sp³-hybridized carbons (Fsp3) is 0.500. The minimum atomic E-state index is -1.20. The number of likely N-dealkylation sites (N-methyl/N-ethyl adjacent to an activating group) is 1. The zero-order valence-corrected chi connectivity index (χ0v) is 20.7. The van der Waals surface area contributed by atoms with E-state index in [-0.39, 0.29) is 17.2 Å². The van der Waals surface area contributed by atoms with Crippen molar-refractivity contribution in [2.75, 3.05) is 31.6 Å². The standard InChI is InChI=1S/C26H34ClN3O4/c1-3-14-30(23-13-10-20(18-31)25(27)28-23)16-6-4-5-15-29(2)26(33)24(32)19-8-7-9-22(17-19)34-21-11-12-21/h7-10,13,17-18,21,24,32H,3-6,11-12,14-16H2,1-2H3. The molecule has 0 bridgehead atoms. The molecule has 2 aromatic rings. The van der Waals surface area contributed by atoms with Crippen molar-refractivity contribution in [2.45, 2.75) is 57.7 Å². The number of rotatable bonds is 14. The molecule has 0 radical (unpaired) electrons. The SMILES string of the molecule is CCCN(CCCCCN(C)C(=O)C(O)c1cccc(OC2CC2)c1)c1ccc(C=O)c(Cl)n1. The Bertz CT molecular complexity index is 967. The Hall–Kier alpha value is -2.64. The van der Waals surface area contributed by atoms with Gasteiger partial charge in [-0.1, -0.05) is 30.7 Å². The molecule has 1 aliphatic carbocycles. The number of carbonyl (C=O) groups is 2. The lowest BCUT2D eigenvalue weighted by Crippen LogP contribution is -2.32. The molecule has 1 heterocycles. The first-order chi connectivity index (χ1) is 16.4. The van der Waals surface area contributed by atoms with Crippen molar-refractivity contribution in [3.05, 3.63) is 52.7 Å². The summed E-state index contributed by atoms with van der Waals surface area (Å²) in [5, 5.41) is 10.8. The van der Waals surface area contributed by atoms with Crippen LogP contribution in [0.15, 0.2) is 36.4 Å². The Kier molecular flexibility index (Phi) is 9.72. The Morgan fingerprint density at radius 2 is 1.97 bits per heavy atom. The first-order valence-electron chi connectivity index (χ1n) is 12.0. The van der Waals surface area contributed by atoms with E-state index in [1.807, 2.05) is 12.1 Å². The number of anilines is 1. The van der Waals surface area contributed by atoms with Gasteiger partial charge in [0.05, 0.1) is 11.7 Å². The molecule has 1 unspecified atom stereocenters. The van der Waals surface area contributed by atoms with Gasteiger partial charge in [-0.3, -0.25) is 9.59 Å². The summed E-state index contributed by atoms with van der Waals surface area (Å²) in [4.78, 5) is 31.8. The first kappa shape index (κ1) is 26.0. The molecule has 1 saturated carbocycles. The number of aldehydes is 1. The van der Waals surface area contributed by atoms with Gasteiger partial charge < -0.3 is 19.6 Å². The van der Waals surface area contributed by atoms with Crippen LogP contribution in [0.1, 0.15) is 67.5 Å². The number of pyridine rings is 1. The fourth-order valence-corrected chi connectivity index (χ4v) is 3.93. The van der Waals surface area contributed by atoms with E-state index < -0.39 is 6.10 Å². The van der Waals surface area contributed by atoms with Crippen molar-refractivity contribution in [3.63, 3.8) is 0 Å². The molecule has 34 heavy (non-hydrogen) atoms. The molecule has 0 saturated heterocycles. The molecule has 1 aromatic heterocycles. The number of halogens is 1. The number of unbranched alkanes of at least 4 members (excludes halogenated alkanes) is 2. The summed E-state index contributed by atoms with van der Waals surface area (Å²) >= 11 is 6.09. The van der Waals surface area contributed by atoms with Gasteiger partial charge >= 0.3 is 0 Å². The van der Waals surface area contributed by atoms with E-state index >= 15 is 0 Å². The Morgan fingerprint density at radius 3 is 2.65 bits per heavy atom. The van der Waals surface area contributed by atoms with Crippen LogP contribution in [-0.2, 0) is 4.79 Å². The molecular weight excluding hydrogens is 454 g/mol. The number of aliphatic hydroxyl groups is 1. The number of benzene rings is 1. The summed E-state index contributed by atoms with van der Waals surface area (Å²) in [6.07, 6.45) is 5.55. The van der Waals surface area contributed by atoms with Crippen LogP contribution in [0.3, 0.4) is 0 Å². The zero-order valence-electron chi connectivity index (χ0n) is 20.0. The third-order valence-electron chi connectivity index (χ3n) is 5.84. The van der Waals surface area contributed by atoms with E-state index in [1.165, 1.54) is 0 Å². The summed E-state index contributed by atoms with van der Waals surface area (Å²) in [5.74, 6) is 1.15. The van der Waals surface area contributed by atoms with E-state index in [0.717, 1.165) is 57.4 Å². The van der Waals surface area contributed by atoms with Crippen LogP contribution in [0.5, 0.6) is 5.75 Å². The lowest BCUT2D eigenvalue weighted by molar-refractivity contribution is -0.139. The number of hydrogen-bond donors (Lipinski definition) is 1. The molecule has 1 N–H and O–H groups in total. The van der Waals surface area contributed by atoms with Crippen LogP contribution in [-0.4, -0.2) is 60.0 Å². The van der Waals surface area contributed by atoms with Crippen molar-refractivity contribution in [2.24, 2.45) is 0 Å². The highest BCUT2D eigenvalue weighted by atomic mass is 35.5. The predicted molar refractivity (Wildman–Crippen MR) is 134 cm³/mol. The van der Waals surface area contributed by atoms with Crippen LogP contribution in [0.2, 0.25) is 5.15 Å². The number of hydrogen-bond acceptors (Lipinski definition) is 6. The van der Waals surface area contributed by atoms with Gasteiger partial charge in [0.25, 0.3) is 5.91 Å². The van der Waals surface area contributed by atoms with Crippen molar-refractivity contribution in [1.29, 1.82) is 0 Å². The number of ether oxygens (including phenoxy) is 1. The van der Waals surface area contributed by atoms with Gasteiger partial charge in [0, 0.05) is 26.7 Å². The second-order valence-corrected chi connectivity index (χ2v) is 9.13. The normalized spacial score (nSPS) is 13.9. The van der Waals surface area contributed by atoms with Gasteiger partial charge in [-0.25, -0.2) is 4.98 Å². The molecule has 8 heteroatoms. The van der Waals surface area contributed by atoms with E-state index in [4.69, 9.17) is 16.3 Å². The van der Waals surface area contributed by atoms with E-state index in [9.17, 15) is 14.7 Å². The van der Waals surface area contributed by atoms with E-state index in [0.29, 0.717) is 29.7 Å². The van der Waals surface area contributed by atoms with Gasteiger partial charge in [-0.05, 0) is 68.4 Å². The maximum atomic E-state index is 12.7. The average Bonchev–Trinajstić information content (AvgIpc) is 3.66. The number of aromatic nitrogens is 1. The zero-order chi connectivity index (χ0) is 24.5. The third kappa shape index (κ3) is 7.43. The molecule has 184 valence electrons. The van der Waals surface area contributed by atoms with Crippen molar-refractivity contribution in [1.82, 2.24) is 9.88 Å². The van der Waals surface area contributed by atoms with Crippen LogP contribution < -0.4 is 9.64 Å². The number of nitrogens with zero attached hydrogens (tertiary/aromatic N) is 3. The van der Waals surface area contributed by atoms with Crippen LogP contribution in [0.25, 0.3) is 0 Å².